The van der Waals surface area contributed by atoms with Crippen LogP contribution in [0.5, 0.6) is 0 Å². The molecule has 0 unspecified atom stereocenters. The lowest BCUT2D eigenvalue weighted by Crippen LogP contribution is -2.36. The van der Waals surface area contributed by atoms with Crippen LogP contribution in [0, 0.1) is 6.92 Å². The van der Waals surface area contributed by atoms with Gasteiger partial charge in [-0.2, -0.15) is 0 Å². The third-order valence-electron chi connectivity index (χ3n) is 5.96. The van der Waals surface area contributed by atoms with Gasteiger partial charge in [-0.15, -0.1) is 0 Å². The van der Waals surface area contributed by atoms with E-state index in [1.165, 1.54) is 7.11 Å². The first-order chi connectivity index (χ1) is 18.3. The molecule has 0 atom stereocenters. The standard InChI is InChI=1S/C28H23N3O6S/c1-17-6-5-7-19(12-17)29-25(32)16-31-26(33)24(38-28(31)35)13-18-14-30(22-9-4-3-8-21(18)22)15-20-10-11-23(37-20)27(34)36-2/h3-14H,15-16H2,1-2H3,(H,29,32)/b24-13-. The number of aromatic nitrogens is 1. The van der Waals surface area contributed by atoms with Crippen molar-refractivity contribution in [2.75, 3.05) is 19.0 Å². The Morgan fingerprint density at radius 3 is 2.68 bits per heavy atom. The van der Waals surface area contributed by atoms with Crippen LogP contribution in [-0.2, 0) is 20.9 Å². The van der Waals surface area contributed by atoms with Crippen molar-refractivity contribution in [1.82, 2.24) is 9.47 Å². The highest BCUT2D eigenvalue weighted by atomic mass is 32.2. The number of aryl methyl sites for hydroxylation is 1. The summed E-state index contributed by atoms with van der Waals surface area (Å²) in [7, 11) is 1.29. The van der Waals surface area contributed by atoms with E-state index in [0.717, 1.165) is 38.7 Å². The first-order valence-electron chi connectivity index (χ1n) is 11.7. The Hall–Kier alpha value is -4.57. The lowest BCUT2D eigenvalue weighted by molar-refractivity contribution is -0.127. The number of ether oxygens (including phenoxy) is 1. The molecule has 192 valence electrons. The van der Waals surface area contributed by atoms with Crippen LogP contribution < -0.4 is 5.32 Å². The van der Waals surface area contributed by atoms with Gasteiger partial charge in [0.2, 0.25) is 11.7 Å². The summed E-state index contributed by atoms with van der Waals surface area (Å²) in [5.74, 6) is -0.875. The lowest BCUT2D eigenvalue weighted by atomic mass is 10.1. The summed E-state index contributed by atoms with van der Waals surface area (Å²) in [4.78, 5) is 51.1. The van der Waals surface area contributed by atoms with E-state index in [1.807, 2.05) is 54.1 Å². The van der Waals surface area contributed by atoms with Crippen molar-refractivity contribution in [3.05, 3.63) is 94.4 Å². The van der Waals surface area contributed by atoms with Crippen molar-refractivity contribution in [3.8, 4) is 0 Å². The minimum atomic E-state index is -0.558. The summed E-state index contributed by atoms with van der Waals surface area (Å²) in [6.07, 6.45) is 3.51. The molecule has 38 heavy (non-hydrogen) atoms. The summed E-state index contributed by atoms with van der Waals surface area (Å²) < 4.78 is 12.2. The summed E-state index contributed by atoms with van der Waals surface area (Å²) in [6.45, 7) is 1.87. The fourth-order valence-corrected chi connectivity index (χ4v) is 5.04. The van der Waals surface area contributed by atoms with Gasteiger partial charge in [-0.3, -0.25) is 19.3 Å². The van der Waals surface area contributed by atoms with Crippen molar-refractivity contribution >= 4 is 57.5 Å². The molecule has 0 saturated carbocycles. The van der Waals surface area contributed by atoms with E-state index in [-0.39, 0.29) is 17.2 Å². The number of thioether (sulfide) groups is 1. The molecule has 1 fully saturated rings. The second-order valence-electron chi connectivity index (χ2n) is 8.67. The number of amides is 3. The number of fused-ring (bicyclic) bond motifs is 1. The van der Waals surface area contributed by atoms with Crippen LogP contribution in [0.15, 0.2) is 76.2 Å². The number of furan rings is 1. The normalized spacial score (nSPS) is 14.5. The van der Waals surface area contributed by atoms with Crippen LogP contribution in [0.4, 0.5) is 10.5 Å². The van der Waals surface area contributed by atoms with Crippen LogP contribution in [0.2, 0.25) is 0 Å². The Kier molecular flexibility index (Phi) is 6.89. The number of methoxy groups -OCH3 is 1. The minimum Gasteiger partial charge on any atom is -0.463 e. The number of hydrogen-bond donors (Lipinski definition) is 1. The number of esters is 1. The number of para-hydroxylation sites is 1. The third-order valence-corrected chi connectivity index (χ3v) is 6.86. The molecular formula is C28H23N3O6S. The number of carbonyl (C=O) groups is 4. The number of nitrogens with zero attached hydrogens (tertiary/aromatic N) is 2. The molecule has 10 heteroatoms. The maximum Gasteiger partial charge on any atom is 0.373 e. The van der Waals surface area contributed by atoms with E-state index in [1.54, 1.807) is 30.3 Å². The molecule has 2 aromatic heterocycles. The van der Waals surface area contributed by atoms with Crippen LogP contribution in [-0.4, -0.2) is 46.1 Å². The van der Waals surface area contributed by atoms with Gasteiger partial charge in [0, 0.05) is 28.4 Å². The number of imide groups is 1. The third kappa shape index (κ3) is 5.12. The number of benzene rings is 2. The van der Waals surface area contributed by atoms with Gasteiger partial charge < -0.3 is 19.0 Å². The molecule has 1 N–H and O–H groups in total. The number of rotatable bonds is 7. The van der Waals surface area contributed by atoms with Crippen LogP contribution in [0.3, 0.4) is 0 Å². The number of anilines is 1. The molecule has 2 aromatic carbocycles. The quantitative estimate of drug-likeness (QED) is 0.263. The molecule has 1 aliphatic heterocycles. The Bertz CT molecular complexity index is 1620. The maximum atomic E-state index is 13.1. The van der Waals surface area contributed by atoms with Gasteiger partial charge in [0.05, 0.1) is 18.6 Å². The highest BCUT2D eigenvalue weighted by Crippen LogP contribution is 2.34. The highest BCUT2D eigenvalue weighted by molar-refractivity contribution is 8.18. The van der Waals surface area contributed by atoms with Crippen molar-refractivity contribution in [2.45, 2.75) is 13.5 Å². The molecule has 0 radical (unpaired) electrons. The molecule has 1 aliphatic rings. The van der Waals surface area contributed by atoms with Crippen LogP contribution >= 0.6 is 11.8 Å². The number of nitrogens with one attached hydrogen (secondary N) is 1. The van der Waals surface area contributed by atoms with Crippen molar-refractivity contribution < 1.29 is 28.3 Å². The van der Waals surface area contributed by atoms with Crippen molar-refractivity contribution in [3.63, 3.8) is 0 Å². The zero-order valence-electron chi connectivity index (χ0n) is 20.6. The van der Waals surface area contributed by atoms with Crippen LogP contribution in [0.25, 0.3) is 17.0 Å². The maximum absolute atomic E-state index is 13.1. The second-order valence-corrected chi connectivity index (χ2v) is 9.67. The minimum absolute atomic E-state index is 0.110. The Morgan fingerprint density at radius 2 is 1.89 bits per heavy atom. The smallest absolute Gasteiger partial charge is 0.373 e. The molecule has 0 spiro atoms. The summed E-state index contributed by atoms with van der Waals surface area (Å²) >= 11 is 0.798. The molecule has 3 amide bonds. The molecule has 3 heterocycles. The van der Waals surface area contributed by atoms with Crippen molar-refractivity contribution in [2.24, 2.45) is 0 Å². The molecule has 0 bridgehead atoms. The average Bonchev–Trinajstić information content (AvgIpc) is 3.57. The zero-order valence-corrected chi connectivity index (χ0v) is 21.4. The van der Waals surface area contributed by atoms with Crippen LogP contribution in [0.1, 0.15) is 27.4 Å². The monoisotopic (exact) mass is 529 g/mol. The van der Waals surface area contributed by atoms with Gasteiger partial charge in [0.1, 0.15) is 12.3 Å². The first kappa shape index (κ1) is 25.1. The second kappa shape index (κ2) is 10.4. The van der Waals surface area contributed by atoms with Gasteiger partial charge >= 0.3 is 5.97 Å². The summed E-state index contributed by atoms with van der Waals surface area (Å²) in [6, 6.07) is 18.1. The predicted molar refractivity (Wildman–Crippen MR) is 144 cm³/mol. The van der Waals surface area contributed by atoms with E-state index in [0.29, 0.717) is 18.0 Å². The van der Waals surface area contributed by atoms with Crippen molar-refractivity contribution in [1.29, 1.82) is 0 Å². The Balaban J connectivity index is 1.36. The van der Waals surface area contributed by atoms with Gasteiger partial charge in [0.15, 0.2) is 0 Å². The molecule has 5 rings (SSSR count). The molecule has 4 aromatic rings. The van der Waals surface area contributed by atoms with E-state index in [2.05, 4.69) is 5.32 Å². The van der Waals surface area contributed by atoms with E-state index in [9.17, 15) is 19.2 Å². The first-order valence-corrected chi connectivity index (χ1v) is 12.5. The molecule has 0 aliphatic carbocycles. The molecule has 1 saturated heterocycles. The lowest BCUT2D eigenvalue weighted by Gasteiger charge is -2.12. The molecule has 9 nitrogen and oxygen atoms in total. The van der Waals surface area contributed by atoms with Gasteiger partial charge in [-0.05, 0) is 60.7 Å². The van der Waals surface area contributed by atoms with Gasteiger partial charge in [-0.25, -0.2) is 4.79 Å². The number of hydrogen-bond acceptors (Lipinski definition) is 7. The SMILES string of the molecule is COC(=O)c1ccc(Cn2cc(/C=C3\SC(=O)N(CC(=O)Nc4cccc(C)c4)C3=O)c3ccccc32)o1. The predicted octanol–water partition coefficient (Wildman–Crippen LogP) is 5.05. The zero-order chi connectivity index (χ0) is 26.8. The summed E-state index contributed by atoms with van der Waals surface area (Å²) in [5.41, 5.74) is 3.19. The van der Waals surface area contributed by atoms with E-state index < -0.39 is 23.0 Å². The van der Waals surface area contributed by atoms with E-state index in [4.69, 9.17) is 9.15 Å². The highest BCUT2D eigenvalue weighted by Gasteiger charge is 2.36. The average molecular weight is 530 g/mol. The topological polar surface area (TPSA) is 111 Å². The Morgan fingerprint density at radius 1 is 1.08 bits per heavy atom. The Labute approximate surface area is 222 Å². The fourth-order valence-electron chi connectivity index (χ4n) is 4.21. The van der Waals surface area contributed by atoms with Gasteiger partial charge in [-0.1, -0.05) is 30.3 Å². The summed E-state index contributed by atoms with van der Waals surface area (Å²) in [5, 5.41) is 3.09. The largest absolute Gasteiger partial charge is 0.463 e. The molecular weight excluding hydrogens is 506 g/mol. The van der Waals surface area contributed by atoms with E-state index >= 15 is 0 Å². The number of carbonyl (C=O) groups excluding carboxylic acids is 4. The van der Waals surface area contributed by atoms with Gasteiger partial charge in [0.25, 0.3) is 11.1 Å². The fraction of sp³-hybridized carbons (Fsp3) is 0.143.